The Bertz CT molecular complexity index is 1060. The Labute approximate surface area is 193 Å². The highest BCUT2D eigenvalue weighted by atomic mass is 79.9. The van der Waals surface area contributed by atoms with Crippen LogP contribution in [0.2, 0.25) is 5.02 Å². The first-order valence-corrected chi connectivity index (χ1v) is 10.6. The molecule has 0 aliphatic rings. The zero-order chi connectivity index (χ0) is 22.2. The largest absolute Gasteiger partial charge is 0.488 e. The van der Waals surface area contributed by atoms with Crippen LogP contribution >= 0.6 is 27.5 Å². The van der Waals surface area contributed by atoms with Crippen LogP contribution in [0, 0.1) is 0 Å². The van der Waals surface area contributed by atoms with Crippen LogP contribution in [0.25, 0.3) is 0 Å². The molecule has 3 aromatic rings. The van der Waals surface area contributed by atoms with Crippen LogP contribution in [0.5, 0.6) is 11.5 Å². The highest BCUT2D eigenvalue weighted by Crippen LogP contribution is 2.28. The highest BCUT2D eigenvalue weighted by Gasteiger charge is 2.18. The number of halogens is 2. The topological polar surface area (TPSA) is 76.7 Å². The molecule has 0 fully saturated rings. The average Bonchev–Trinajstić information content (AvgIpc) is 2.78. The van der Waals surface area contributed by atoms with Gasteiger partial charge >= 0.3 is 0 Å². The fourth-order valence-corrected chi connectivity index (χ4v) is 3.39. The molecule has 0 aliphatic carbocycles. The molecule has 3 rings (SSSR count). The van der Waals surface area contributed by atoms with Crippen LogP contribution in [-0.2, 0) is 11.4 Å². The molecule has 0 aliphatic heterocycles. The lowest BCUT2D eigenvalue weighted by Crippen LogP contribution is -2.47. The van der Waals surface area contributed by atoms with E-state index in [2.05, 4.69) is 26.8 Å². The van der Waals surface area contributed by atoms with Crippen molar-refractivity contribution in [3.05, 3.63) is 93.4 Å². The van der Waals surface area contributed by atoms with Crippen molar-refractivity contribution in [1.82, 2.24) is 10.9 Å². The van der Waals surface area contributed by atoms with Gasteiger partial charge in [-0.15, -0.1) is 0 Å². The number of amides is 2. The Morgan fingerprint density at radius 1 is 0.968 bits per heavy atom. The van der Waals surface area contributed by atoms with E-state index in [1.807, 2.05) is 30.3 Å². The molecule has 2 N–H and O–H groups in total. The van der Waals surface area contributed by atoms with E-state index in [4.69, 9.17) is 21.1 Å². The number of carbonyl (C=O) groups excluding carboxylic acids is 2. The molecule has 0 spiro atoms. The third-order valence-corrected chi connectivity index (χ3v) is 5.09. The number of ether oxygens (including phenoxy) is 2. The fraction of sp³-hybridized carbons (Fsp3) is 0.130. The average molecular weight is 504 g/mol. The van der Waals surface area contributed by atoms with E-state index >= 15 is 0 Å². The molecular formula is C23H20BrClN2O4. The van der Waals surface area contributed by atoms with Crippen LogP contribution in [0.1, 0.15) is 22.8 Å². The predicted octanol–water partition coefficient (Wildman–Crippen LogP) is 4.91. The van der Waals surface area contributed by atoms with Gasteiger partial charge in [-0.25, -0.2) is 0 Å². The Hall–Kier alpha value is -3.03. The van der Waals surface area contributed by atoms with Crippen molar-refractivity contribution in [3.8, 4) is 11.5 Å². The molecule has 1 atom stereocenters. The van der Waals surface area contributed by atoms with E-state index in [0.29, 0.717) is 33.2 Å². The fourth-order valence-electron chi connectivity index (χ4n) is 2.62. The quantitative estimate of drug-likeness (QED) is 0.449. The van der Waals surface area contributed by atoms with E-state index in [0.717, 1.165) is 5.56 Å². The molecule has 2 amide bonds. The van der Waals surface area contributed by atoms with Crippen molar-refractivity contribution in [2.24, 2.45) is 0 Å². The molecule has 0 saturated heterocycles. The van der Waals surface area contributed by atoms with E-state index in [9.17, 15) is 9.59 Å². The van der Waals surface area contributed by atoms with Crippen molar-refractivity contribution < 1.29 is 19.1 Å². The second-order valence-electron chi connectivity index (χ2n) is 6.55. The Balaban J connectivity index is 1.57. The van der Waals surface area contributed by atoms with E-state index in [-0.39, 0.29) is 0 Å². The first-order valence-electron chi connectivity index (χ1n) is 9.41. The lowest BCUT2D eigenvalue weighted by Gasteiger charge is -2.17. The van der Waals surface area contributed by atoms with Crippen molar-refractivity contribution >= 4 is 39.3 Å². The molecule has 8 heteroatoms. The predicted molar refractivity (Wildman–Crippen MR) is 122 cm³/mol. The summed E-state index contributed by atoms with van der Waals surface area (Å²) in [6, 6.07) is 21.4. The van der Waals surface area contributed by atoms with Gasteiger partial charge in [-0.05, 0) is 58.7 Å². The second-order valence-corrected chi connectivity index (χ2v) is 7.84. The van der Waals surface area contributed by atoms with Gasteiger partial charge in [-0.3, -0.25) is 20.4 Å². The van der Waals surface area contributed by atoms with Crippen LogP contribution in [0.3, 0.4) is 0 Å². The summed E-state index contributed by atoms with van der Waals surface area (Å²) in [6.07, 6.45) is -0.859. The SMILES string of the molecule is CC(Oc1ccc(Cl)cc1Br)C(=O)NNC(=O)c1ccccc1OCc1ccccc1. The summed E-state index contributed by atoms with van der Waals surface area (Å²) < 4.78 is 12.0. The van der Waals surface area contributed by atoms with Crippen LogP contribution in [0.15, 0.2) is 77.3 Å². The van der Waals surface area contributed by atoms with E-state index in [1.165, 1.54) is 0 Å². The number of nitrogens with one attached hydrogen (secondary N) is 2. The van der Waals surface area contributed by atoms with Gasteiger partial charge < -0.3 is 9.47 Å². The van der Waals surface area contributed by atoms with Gasteiger partial charge in [-0.2, -0.15) is 0 Å². The van der Waals surface area contributed by atoms with Gasteiger partial charge in [0.05, 0.1) is 10.0 Å². The van der Waals surface area contributed by atoms with Crippen LogP contribution in [0.4, 0.5) is 0 Å². The molecule has 31 heavy (non-hydrogen) atoms. The number of hydrogen-bond donors (Lipinski definition) is 2. The Kier molecular flexibility index (Phi) is 7.92. The lowest BCUT2D eigenvalue weighted by atomic mass is 10.2. The Morgan fingerprint density at radius 3 is 2.42 bits per heavy atom. The van der Waals surface area contributed by atoms with Crippen molar-refractivity contribution in [1.29, 1.82) is 0 Å². The minimum absolute atomic E-state index is 0.299. The minimum Gasteiger partial charge on any atom is -0.488 e. The van der Waals surface area contributed by atoms with Gasteiger partial charge in [0.15, 0.2) is 6.10 Å². The molecule has 0 saturated carbocycles. The zero-order valence-corrected chi connectivity index (χ0v) is 18.9. The van der Waals surface area contributed by atoms with E-state index < -0.39 is 17.9 Å². The number of para-hydroxylation sites is 1. The maximum atomic E-state index is 12.6. The van der Waals surface area contributed by atoms with E-state index in [1.54, 1.807) is 49.4 Å². The monoisotopic (exact) mass is 502 g/mol. The lowest BCUT2D eigenvalue weighted by molar-refractivity contribution is -0.128. The van der Waals surface area contributed by atoms with Crippen LogP contribution < -0.4 is 20.3 Å². The molecule has 0 radical (unpaired) electrons. The summed E-state index contributed by atoms with van der Waals surface area (Å²) >= 11 is 9.24. The first kappa shape index (κ1) is 22.7. The van der Waals surface area contributed by atoms with Crippen molar-refractivity contribution in [2.75, 3.05) is 0 Å². The molecule has 160 valence electrons. The standard InChI is InChI=1S/C23H20BrClN2O4/c1-15(31-21-12-11-17(25)13-19(21)24)22(28)26-27-23(29)18-9-5-6-10-20(18)30-14-16-7-3-2-4-8-16/h2-13,15H,14H2,1H3,(H,26,28)(H,27,29). The third kappa shape index (κ3) is 6.47. The molecule has 0 bridgehead atoms. The first-order chi connectivity index (χ1) is 14.9. The number of hydrogen-bond acceptors (Lipinski definition) is 4. The zero-order valence-electron chi connectivity index (χ0n) is 16.6. The summed E-state index contributed by atoms with van der Waals surface area (Å²) in [4.78, 5) is 24.9. The molecule has 3 aromatic carbocycles. The number of rotatable bonds is 7. The summed E-state index contributed by atoms with van der Waals surface area (Å²) in [5.41, 5.74) is 6.04. The molecule has 1 unspecified atom stereocenters. The summed E-state index contributed by atoms with van der Waals surface area (Å²) in [5, 5.41) is 0.539. The highest BCUT2D eigenvalue weighted by molar-refractivity contribution is 9.10. The van der Waals surface area contributed by atoms with Crippen LogP contribution in [-0.4, -0.2) is 17.9 Å². The van der Waals surface area contributed by atoms with Gasteiger partial charge in [0.1, 0.15) is 18.1 Å². The summed E-state index contributed by atoms with van der Waals surface area (Å²) in [7, 11) is 0. The Morgan fingerprint density at radius 2 is 1.68 bits per heavy atom. The number of carbonyl (C=O) groups is 2. The summed E-state index contributed by atoms with van der Waals surface area (Å²) in [6.45, 7) is 1.89. The summed E-state index contributed by atoms with van der Waals surface area (Å²) in [5.74, 6) is -0.153. The normalized spacial score (nSPS) is 11.3. The van der Waals surface area contributed by atoms with Crippen molar-refractivity contribution in [3.63, 3.8) is 0 Å². The van der Waals surface area contributed by atoms with Crippen molar-refractivity contribution in [2.45, 2.75) is 19.6 Å². The van der Waals surface area contributed by atoms with Gasteiger partial charge in [0.25, 0.3) is 11.8 Å². The number of hydrazine groups is 1. The molecular weight excluding hydrogens is 484 g/mol. The van der Waals surface area contributed by atoms with Gasteiger partial charge in [0, 0.05) is 5.02 Å². The molecule has 0 heterocycles. The molecule has 6 nitrogen and oxygen atoms in total. The molecule has 0 aromatic heterocycles. The number of benzene rings is 3. The third-order valence-electron chi connectivity index (χ3n) is 4.23. The van der Waals surface area contributed by atoms with Gasteiger partial charge in [-0.1, -0.05) is 54.1 Å². The smallest absolute Gasteiger partial charge is 0.279 e. The maximum Gasteiger partial charge on any atom is 0.279 e. The second kappa shape index (κ2) is 10.8. The minimum atomic E-state index is -0.859. The maximum absolute atomic E-state index is 12.6. The van der Waals surface area contributed by atoms with Gasteiger partial charge in [0.2, 0.25) is 0 Å².